The molecule has 2 heterocycles. The fourth-order valence-electron chi connectivity index (χ4n) is 2.06. The highest BCUT2D eigenvalue weighted by Crippen LogP contribution is 2.29. The maximum Gasteiger partial charge on any atom is 0.230 e. The van der Waals surface area contributed by atoms with E-state index in [1.54, 1.807) is 0 Å². The van der Waals surface area contributed by atoms with Crippen LogP contribution in [0, 0.1) is 0 Å². The van der Waals surface area contributed by atoms with Crippen molar-refractivity contribution in [3.8, 4) is 0 Å². The molecule has 0 aliphatic carbocycles. The Morgan fingerprint density at radius 3 is 2.70 bits per heavy atom. The first-order chi connectivity index (χ1) is 9.70. The van der Waals surface area contributed by atoms with E-state index < -0.39 is 0 Å². The van der Waals surface area contributed by atoms with Crippen LogP contribution in [0.25, 0.3) is 0 Å². The Bertz CT molecular complexity index is 619. The molecule has 0 unspecified atom stereocenters. The molecule has 1 aliphatic rings. The van der Waals surface area contributed by atoms with Crippen molar-refractivity contribution in [3.63, 3.8) is 0 Å². The highest BCUT2D eigenvalue weighted by atomic mass is 79.9. The number of anilines is 1. The van der Waals surface area contributed by atoms with Crippen LogP contribution in [0.3, 0.4) is 0 Å². The zero-order valence-electron chi connectivity index (χ0n) is 10.6. The van der Waals surface area contributed by atoms with Gasteiger partial charge in [-0.15, -0.1) is 0 Å². The molecule has 0 N–H and O–H groups in total. The predicted octanol–water partition coefficient (Wildman–Crippen LogP) is 4.04. The van der Waals surface area contributed by atoms with Gasteiger partial charge in [-0.1, -0.05) is 22.0 Å². The van der Waals surface area contributed by atoms with Crippen LogP contribution in [-0.2, 0) is 0 Å². The lowest BCUT2D eigenvalue weighted by molar-refractivity contribution is 0.826. The van der Waals surface area contributed by atoms with E-state index in [1.807, 2.05) is 24.3 Å². The van der Waals surface area contributed by atoms with Crippen LogP contribution >= 0.6 is 39.3 Å². The molecule has 104 valence electrons. The van der Waals surface area contributed by atoms with Crippen LogP contribution in [0.5, 0.6) is 0 Å². The maximum absolute atomic E-state index is 6.01. The molecule has 7 heteroatoms. The SMILES string of the molecule is Clc1nc(Sc2cccc(Br)c2)nc(N2CCCC2)n1. The Morgan fingerprint density at radius 2 is 1.95 bits per heavy atom. The Kier molecular flexibility index (Phi) is 4.43. The Balaban J connectivity index is 1.85. The fourth-order valence-corrected chi connectivity index (χ4v) is 3.62. The first kappa shape index (κ1) is 14.1. The predicted molar refractivity (Wildman–Crippen MR) is 84.5 cm³/mol. The van der Waals surface area contributed by atoms with Crippen LogP contribution in [0.15, 0.2) is 38.8 Å². The summed E-state index contributed by atoms with van der Waals surface area (Å²) in [4.78, 5) is 16.1. The van der Waals surface area contributed by atoms with Gasteiger partial charge in [0.05, 0.1) is 0 Å². The lowest BCUT2D eigenvalue weighted by Gasteiger charge is -2.15. The van der Waals surface area contributed by atoms with Crippen molar-refractivity contribution in [2.45, 2.75) is 22.9 Å². The molecule has 1 aromatic heterocycles. The molecule has 0 saturated carbocycles. The Hall–Kier alpha value is -0.850. The molecule has 3 rings (SSSR count). The van der Waals surface area contributed by atoms with E-state index >= 15 is 0 Å². The number of aromatic nitrogens is 3. The number of halogens is 2. The minimum absolute atomic E-state index is 0.249. The molecule has 1 aliphatic heterocycles. The normalized spacial score (nSPS) is 14.8. The molecule has 2 aromatic rings. The molecule has 0 spiro atoms. The lowest BCUT2D eigenvalue weighted by Crippen LogP contribution is -2.21. The molecular weight excluding hydrogens is 360 g/mol. The number of benzene rings is 1. The number of nitrogens with zero attached hydrogens (tertiary/aromatic N) is 4. The summed E-state index contributed by atoms with van der Waals surface area (Å²) in [5.41, 5.74) is 0. The van der Waals surface area contributed by atoms with Gasteiger partial charge in [-0.05, 0) is 54.4 Å². The van der Waals surface area contributed by atoms with Gasteiger partial charge in [0.15, 0.2) is 5.16 Å². The summed E-state index contributed by atoms with van der Waals surface area (Å²) in [6.45, 7) is 1.97. The van der Waals surface area contributed by atoms with Crippen molar-refractivity contribution in [2.75, 3.05) is 18.0 Å². The van der Waals surface area contributed by atoms with Gasteiger partial charge in [-0.25, -0.2) is 0 Å². The zero-order valence-corrected chi connectivity index (χ0v) is 13.7. The quantitative estimate of drug-likeness (QED) is 0.814. The molecule has 0 radical (unpaired) electrons. The van der Waals surface area contributed by atoms with Crippen molar-refractivity contribution in [2.24, 2.45) is 0 Å². The van der Waals surface area contributed by atoms with Gasteiger partial charge in [0.25, 0.3) is 0 Å². The summed E-state index contributed by atoms with van der Waals surface area (Å²) in [6.07, 6.45) is 2.36. The summed E-state index contributed by atoms with van der Waals surface area (Å²) in [6, 6.07) is 8.01. The van der Waals surface area contributed by atoms with Gasteiger partial charge >= 0.3 is 0 Å². The van der Waals surface area contributed by atoms with Crippen molar-refractivity contribution in [1.82, 2.24) is 15.0 Å². The molecule has 1 aromatic carbocycles. The molecule has 20 heavy (non-hydrogen) atoms. The molecule has 4 nitrogen and oxygen atoms in total. The molecule has 1 fully saturated rings. The molecule has 0 amide bonds. The van der Waals surface area contributed by atoms with Crippen LogP contribution in [0.4, 0.5) is 5.95 Å². The van der Waals surface area contributed by atoms with E-state index in [0.717, 1.165) is 22.5 Å². The van der Waals surface area contributed by atoms with E-state index in [4.69, 9.17) is 11.6 Å². The second-order valence-electron chi connectivity index (χ2n) is 4.44. The highest BCUT2D eigenvalue weighted by molar-refractivity contribution is 9.10. The van der Waals surface area contributed by atoms with Crippen LogP contribution in [0.1, 0.15) is 12.8 Å². The monoisotopic (exact) mass is 370 g/mol. The molecule has 0 bridgehead atoms. The summed E-state index contributed by atoms with van der Waals surface area (Å²) >= 11 is 11.0. The summed E-state index contributed by atoms with van der Waals surface area (Å²) in [7, 11) is 0. The standard InChI is InChI=1S/C13H12BrClN4S/c14-9-4-3-5-10(8-9)20-13-17-11(15)16-12(18-13)19-6-1-2-7-19/h3-5,8H,1-2,6-7H2. The fraction of sp³-hybridized carbons (Fsp3) is 0.308. The lowest BCUT2D eigenvalue weighted by atomic mass is 10.4. The van der Waals surface area contributed by atoms with Crippen molar-refractivity contribution in [1.29, 1.82) is 0 Å². The summed E-state index contributed by atoms with van der Waals surface area (Å²) < 4.78 is 1.03. The largest absolute Gasteiger partial charge is 0.341 e. The highest BCUT2D eigenvalue weighted by Gasteiger charge is 2.17. The third-order valence-corrected chi connectivity index (χ3v) is 4.49. The first-order valence-electron chi connectivity index (χ1n) is 6.31. The zero-order chi connectivity index (χ0) is 13.9. The van der Waals surface area contributed by atoms with Crippen LogP contribution in [-0.4, -0.2) is 28.0 Å². The van der Waals surface area contributed by atoms with Gasteiger partial charge in [0, 0.05) is 22.5 Å². The molecule has 1 saturated heterocycles. The van der Waals surface area contributed by atoms with E-state index in [2.05, 4.69) is 35.8 Å². The second kappa shape index (κ2) is 6.28. The van der Waals surface area contributed by atoms with Gasteiger partial charge in [0.1, 0.15) is 0 Å². The molecular formula is C13H12BrClN4S. The topological polar surface area (TPSA) is 41.9 Å². The third kappa shape index (κ3) is 3.42. The van der Waals surface area contributed by atoms with E-state index in [9.17, 15) is 0 Å². The van der Waals surface area contributed by atoms with Crippen LogP contribution in [0.2, 0.25) is 5.28 Å². The third-order valence-electron chi connectivity index (χ3n) is 2.97. The summed E-state index contributed by atoms with van der Waals surface area (Å²) in [5, 5.41) is 0.879. The number of rotatable bonds is 3. The van der Waals surface area contributed by atoms with E-state index in [-0.39, 0.29) is 5.28 Å². The van der Waals surface area contributed by atoms with E-state index in [0.29, 0.717) is 11.1 Å². The van der Waals surface area contributed by atoms with Gasteiger partial charge in [-0.2, -0.15) is 15.0 Å². The van der Waals surface area contributed by atoms with Gasteiger partial charge in [-0.3, -0.25) is 0 Å². The van der Waals surface area contributed by atoms with Crippen molar-refractivity contribution in [3.05, 3.63) is 34.0 Å². The van der Waals surface area contributed by atoms with Crippen molar-refractivity contribution >= 4 is 45.2 Å². The average Bonchev–Trinajstić information content (AvgIpc) is 2.91. The summed E-state index contributed by atoms with van der Waals surface area (Å²) in [5.74, 6) is 0.681. The van der Waals surface area contributed by atoms with Gasteiger partial charge < -0.3 is 4.90 Å². The second-order valence-corrected chi connectivity index (χ2v) is 6.74. The minimum atomic E-state index is 0.249. The van der Waals surface area contributed by atoms with Crippen LogP contribution < -0.4 is 4.90 Å². The Labute approximate surface area is 135 Å². The van der Waals surface area contributed by atoms with E-state index in [1.165, 1.54) is 24.6 Å². The van der Waals surface area contributed by atoms with Gasteiger partial charge in [0.2, 0.25) is 11.2 Å². The molecule has 0 atom stereocenters. The number of hydrogen-bond donors (Lipinski definition) is 0. The smallest absolute Gasteiger partial charge is 0.230 e. The number of hydrogen-bond acceptors (Lipinski definition) is 5. The minimum Gasteiger partial charge on any atom is -0.341 e. The Morgan fingerprint density at radius 1 is 1.15 bits per heavy atom. The average molecular weight is 372 g/mol. The maximum atomic E-state index is 6.01. The first-order valence-corrected chi connectivity index (χ1v) is 8.29. The van der Waals surface area contributed by atoms with Crippen molar-refractivity contribution < 1.29 is 0 Å².